The largest absolute Gasteiger partial charge is 0.491 e. The molecule has 102 valence electrons. The summed E-state index contributed by atoms with van der Waals surface area (Å²) in [6.07, 6.45) is 6.57. The molecule has 0 spiro atoms. The second-order valence-electron chi connectivity index (χ2n) is 4.44. The Hall–Kier alpha value is -1.81. The van der Waals surface area contributed by atoms with Gasteiger partial charge >= 0.3 is 0 Å². The van der Waals surface area contributed by atoms with E-state index in [1.165, 1.54) is 5.56 Å². The van der Waals surface area contributed by atoms with Crippen LogP contribution in [0.15, 0.2) is 43.0 Å². The summed E-state index contributed by atoms with van der Waals surface area (Å²) in [7, 11) is 1.98. The lowest BCUT2D eigenvalue weighted by molar-refractivity contribution is 0.292. The molecule has 0 saturated heterocycles. The van der Waals surface area contributed by atoms with Gasteiger partial charge in [0.25, 0.3) is 0 Å². The highest BCUT2D eigenvalue weighted by atomic mass is 16.5. The fourth-order valence-corrected chi connectivity index (χ4v) is 2.16. The number of aromatic nitrogens is 2. The molecule has 0 aliphatic carbocycles. The van der Waals surface area contributed by atoms with Crippen molar-refractivity contribution >= 4 is 0 Å². The Kier molecular flexibility index (Phi) is 4.98. The number of imidazole rings is 1. The van der Waals surface area contributed by atoms with Gasteiger partial charge in [0.05, 0.1) is 12.9 Å². The zero-order valence-electron chi connectivity index (χ0n) is 11.5. The molecule has 1 atom stereocenters. The normalized spacial score (nSPS) is 12.3. The van der Waals surface area contributed by atoms with Gasteiger partial charge in [0, 0.05) is 24.0 Å². The summed E-state index contributed by atoms with van der Waals surface area (Å²) >= 11 is 0. The highest BCUT2D eigenvalue weighted by Gasteiger charge is 2.11. The van der Waals surface area contributed by atoms with Crippen molar-refractivity contribution in [2.24, 2.45) is 0 Å². The van der Waals surface area contributed by atoms with Crippen molar-refractivity contribution in [2.75, 3.05) is 13.7 Å². The van der Waals surface area contributed by atoms with Crippen LogP contribution in [0.25, 0.3) is 0 Å². The minimum Gasteiger partial charge on any atom is -0.491 e. The molecule has 19 heavy (non-hydrogen) atoms. The average molecular weight is 259 g/mol. The lowest BCUT2D eigenvalue weighted by Crippen LogP contribution is -2.17. The number of para-hydroxylation sites is 1. The lowest BCUT2D eigenvalue weighted by atomic mass is 10.0. The van der Waals surface area contributed by atoms with Gasteiger partial charge in [-0.1, -0.05) is 25.1 Å². The van der Waals surface area contributed by atoms with Crippen LogP contribution in [0, 0.1) is 0 Å². The van der Waals surface area contributed by atoms with Crippen molar-refractivity contribution in [2.45, 2.75) is 25.9 Å². The van der Waals surface area contributed by atoms with Crippen LogP contribution in [-0.4, -0.2) is 23.2 Å². The maximum absolute atomic E-state index is 5.91. The molecule has 0 bridgehead atoms. The molecule has 0 radical (unpaired) electrons. The van der Waals surface area contributed by atoms with Crippen molar-refractivity contribution in [3.8, 4) is 5.75 Å². The summed E-state index contributed by atoms with van der Waals surface area (Å²) in [5.74, 6) is 0.962. The SMILES string of the molecule is CCC(NC)c1ccccc1OCCn1ccnc1. The number of nitrogens with one attached hydrogen (secondary N) is 1. The van der Waals surface area contributed by atoms with Crippen molar-refractivity contribution in [1.29, 1.82) is 0 Å². The topological polar surface area (TPSA) is 39.1 Å². The van der Waals surface area contributed by atoms with E-state index in [2.05, 4.69) is 29.4 Å². The molecule has 1 heterocycles. The Morgan fingerprint density at radius 1 is 1.37 bits per heavy atom. The van der Waals surface area contributed by atoms with Crippen LogP contribution in [0.4, 0.5) is 0 Å². The number of benzene rings is 1. The third-order valence-electron chi connectivity index (χ3n) is 3.22. The summed E-state index contributed by atoms with van der Waals surface area (Å²) in [4.78, 5) is 4.02. The first-order chi connectivity index (χ1) is 9.35. The van der Waals surface area contributed by atoms with E-state index in [0.29, 0.717) is 12.6 Å². The van der Waals surface area contributed by atoms with E-state index < -0.39 is 0 Å². The predicted octanol–water partition coefficient (Wildman–Crippen LogP) is 2.63. The highest BCUT2D eigenvalue weighted by Crippen LogP contribution is 2.26. The molecule has 1 aromatic heterocycles. The first-order valence-electron chi connectivity index (χ1n) is 6.70. The molecule has 0 saturated carbocycles. The van der Waals surface area contributed by atoms with Gasteiger partial charge in [0.2, 0.25) is 0 Å². The molecule has 4 heteroatoms. The molecule has 0 aliphatic heterocycles. The fraction of sp³-hybridized carbons (Fsp3) is 0.400. The molecular formula is C15H21N3O. The van der Waals surface area contributed by atoms with Gasteiger partial charge in [-0.25, -0.2) is 4.98 Å². The lowest BCUT2D eigenvalue weighted by Gasteiger charge is -2.18. The van der Waals surface area contributed by atoms with E-state index in [1.807, 2.05) is 29.9 Å². The zero-order chi connectivity index (χ0) is 13.5. The summed E-state index contributed by atoms with van der Waals surface area (Å²) in [5, 5.41) is 3.32. The van der Waals surface area contributed by atoms with E-state index in [4.69, 9.17) is 4.74 Å². The van der Waals surface area contributed by atoms with Crippen molar-refractivity contribution in [1.82, 2.24) is 14.9 Å². The summed E-state index contributed by atoms with van der Waals surface area (Å²) < 4.78 is 7.92. The molecule has 1 unspecified atom stereocenters. The third-order valence-corrected chi connectivity index (χ3v) is 3.22. The van der Waals surface area contributed by atoms with Crippen LogP contribution in [-0.2, 0) is 6.54 Å². The first kappa shape index (κ1) is 13.6. The van der Waals surface area contributed by atoms with Crippen molar-refractivity contribution < 1.29 is 4.74 Å². The van der Waals surface area contributed by atoms with E-state index in [-0.39, 0.29) is 0 Å². The van der Waals surface area contributed by atoms with Gasteiger partial charge in [0.15, 0.2) is 0 Å². The van der Waals surface area contributed by atoms with E-state index in [1.54, 1.807) is 12.5 Å². The van der Waals surface area contributed by atoms with E-state index in [0.717, 1.165) is 18.7 Å². The third kappa shape index (κ3) is 3.58. The molecule has 0 amide bonds. The minimum absolute atomic E-state index is 0.337. The van der Waals surface area contributed by atoms with Crippen LogP contribution in [0.1, 0.15) is 24.9 Å². The fourth-order valence-electron chi connectivity index (χ4n) is 2.16. The van der Waals surface area contributed by atoms with Crippen LogP contribution in [0.5, 0.6) is 5.75 Å². The summed E-state index contributed by atoms with van der Waals surface area (Å²) in [5.41, 5.74) is 1.22. The molecule has 4 nitrogen and oxygen atoms in total. The van der Waals surface area contributed by atoms with Gasteiger partial charge in [-0.3, -0.25) is 0 Å². The maximum atomic E-state index is 5.91. The van der Waals surface area contributed by atoms with Crippen LogP contribution >= 0.6 is 0 Å². The predicted molar refractivity (Wildman–Crippen MR) is 76.3 cm³/mol. The Morgan fingerprint density at radius 3 is 2.89 bits per heavy atom. The molecule has 2 aromatic rings. The van der Waals surface area contributed by atoms with Crippen molar-refractivity contribution in [3.63, 3.8) is 0 Å². The second-order valence-corrected chi connectivity index (χ2v) is 4.44. The highest BCUT2D eigenvalue weighted by molar-refractivity contribution is 5.35. The van der Waals surface area contributed by atoms with E-state index >= 15 is 0 Å². The Labute approximate surface area is 114 Å². The van der Waals surface area contributed by atoms with Crippen LogP contribution < -0.4 is 10.1 Å². The Bertz CT molecular complexity index is 478. The summed E-state index contributed by atoms with van der Waals surface area (Å²) in [6.45, 7) is 3.63. The maximum Gasteiger partial charge on any atom is 0.124 e. The molecular weight excluding hydrogens is 238 g/mol. The standard InChI is InChI=1S/C15H21N3O/c1-3-14(16-2)13-6-4-5-7-15(13)19-11-10-18-9-8-17-12-18/h4-9,12,14,16H,3,10-11H2,1-2H3. The van der Waals surface area contributed by atoms with Gasteiger partial charge in [-0.15, -0.1) is 0 Å². The molecule has 1 aromatic carbocycles. The summed E-state index contributed by atoms with van der Waals surface area (Å²) in [6, 6.07) is 8.56. The number of hydrogen-bond donors (Lipinski definition) is 1. The van der Waals surface area contributed by atoms with Gasteiger partial charge < -0.3 is 14.6 Å². The number of hydrogen-bond acceptors (Lipinski definition) is 3. The second kappa shape index (κ2) is 6.95. The first-order valence-corrected chi connectivity index (χ1v) is 6.70. The van der Waals surface area contributed by atoms with Gasteiger partial charge in [0.1, 0.15) is 12.4 Å². The number of ether oxygens (including phenoxy) is 1. The van der Waals surface area contributed by atoms with Crippen molar-refractivity contribution in [3.05, 3.63) is 48.5 Å². The zero-order valence-corrected chi connectivity index (χ0v) is 11.5. The smallest absolute Gasteiger partial charge is 0.124 e. The molecule has 0 aliphatic rings. The molecule has 1 N–H and O–H groups in total. The minimum atomic E-state index is 0.337. The van der Waals surface area contributed by atoms with Gasteiger partial charge in [-0.2, -0.15) is 0 Å². The van der Waals surface area contributed by atoms with Crippen LogP contribution in [0.2, 0.25) is 0 Å². The van der Waals surface area contributed by atoms with Crippen LogP contribution in [0.3, 0.4) is 0 Å². The quantitative estimate of drug-likeness (QED) is 0.831. The molecule has 2 rings (SSSR count). The Balaban J connectivity index is 1.99. The monoisotopic (exact) mass is 259 g/mol. The Morgan fingerprint density at radius 2 is 2.21 bits per heavy atom. The number of rotatable bonds is 7. The average Bonchev–Trinajstić information content (AvgIpc) is 2.95. The van der Waals surface area contributed by atoms with E-state index in [9.17, 15) is 0 Å². The number of nitrogens with zero attached hydrogens (tertiary/aromatic N) is 2. The van der Waals surface area contributed by atoms with Gasteiger partial charge in [-0.05, 0) is 19.5 Å². The molecule has 0 fully saturated rings.